The number of anilines is 1. The fourth-order valence-corrected chi connectivity index (χ4v) is 2.98. The Hall–Kier alpha value is -1.48. The highest BCUT2D eigenvalue weighted by molar-refractivity contribution is 5.61. The third-order valence-corrected chi connectivity index (χ3v) is 4.19. The molecule has 0 fully saturated rings. The van der Waals surface area contributed by atoms with Crippen molar-refractivity contribution in [2.45, 2.75) is 40.2 Å². The zero-order valence-corrected chi connectivity index (χ0v) is 13.8. The fourth-order valence-electron chi connectivity index (χ4n) is 2.98. The molecule has 0 radical (unpaired) electrons. The third-order valence-electron chi connectivity index (χ3n) is 4.19. The quantitative estimate of drug-likeness (QED) is 0.856. The largest absolute Gasteiger partial charge is 0.496 e. The van der Waals surface area contributed by atoms with Gasteiger partial charge >= 0.3 is 0 Å². The van der Waals surface area contributed by atoms with Crippen molar-refractivity contribution in [1.29, 1.82) is 0 Å². The molecule has 1 aliphatic rings. The first kappa shape index (κ1) is 15.9. The van der Waals surface area contributed by atoms with E-state index in [1.807, 2.05) is 12.1 Å². The standard InChI is InChI=1S/C18H27NO2/c1-13(20)17-15(7-6-8-16(17)21-5)19-11-9-14(10-12-19)18(2,3)4/h6-9,13,20H,10-12H2,1-5H3. The van der Waals surface area contributed by atoms with Crippen LogP contribution in [0.25, 0.3) is 0 Å². The molecule has 1 N–H and O–H groups in total. The number of hydrogen-bond acceptors (Lipinski definition) is 3. The zero-order chi connectivity index (χ0) is 15.6. The second-order valence-corrected chi connectivity index (χ2v) is 6.74. The molecule has 1 aliphatic heterocycles. The van der Waals surface area contributed by atoms with E-state index in [9.17, 15) is 5.11 Å². The number of benzene rings is 1. The van der Waals surface area contributed by atoms with E-state index < -0.39 is 6.10 Å². The normalized spacial score (nSPS) is 17.4. The molecule has 0 amide bonds. The maximum absolute atomic E-state index is 10.1. The number of rotatable bonds is 3. The molecule has 1 atom stereocenters. The van der Waals surface area contributed by atoms with Crippen LogP contribution < -0.4 is 9.64 Å². The number of aliphatic hydroxyl groups excluding tert-OH is 1. The van der Waals surface area contributed by atoms with Gasteiger partial charge in [0.2, 0.25) is 0 Å². The van der Waals surface area contributed by atoms with Crippen molar-refractivity contribution in [3.8, 4) is 5.75 Å². The Bertz CT molecular complexity index is 527. The molecule has 0 aromatic heterocycles. The summed E-state index contributed by atoms with van der Waals surface area (Å²) in [5, 5.41) is 10.1. The Labute approximate surface area is 128 Å². The lowest BCUT2D eigenvalue weighted by Gasteiger charge is -2.35. The van der Waals surface area contributed by atoms with Crippen LogP contribution in [0.1, 0.15) is 45.8 Å². The van der Waals surface area contributed by atoms with Gasteiger partial charge in [-0.25, -0.2) is 0 Å². The van der Waals surface area contributed by atoms with Crippen molar-refractivity contribution < 1.29 is 9.84 Å². The SMILES string of the molecule is COc1cccc(N2CC=C(C(C)(C)C)CC2)c1C(C)O. The fraction of sp³-hybridized carbons (Fsp3) is 0.556. The third kappa shape index (κ3) is 3.41. The minimum Gasteiger partial charge on any atom is -0.496 e. The predicted molar refractivity (Wildman–Crippen MR) is 88.0 cm³/mol. The second-order valence-electron chi connectivity index (χ2n) is 6.74. The molecule has 1 aromatic carbocycles. The van der Waals surface area contributed by atoms with Gasteiger partial charge in [0.15, 0.2) is 0 Å². The van der Waals surface area contributed by atoms with E-state index in [1.54, 1.807) is 14.0 Å². The molecular formula is C18H27NO2. The van der Waals surface area contributed by atoms with Gasteiger partial charge < -0.3 is 14.7 Å². The summed E-state index contributed by atoms with van der Waals surface area (Å²) < 4.78 is 5.41. The molecule has 0 saturated heterocycles. The summed E-state index contributed by atoms with van der Waals surface area (Å²) in [6, 6.07) is 5.97. The van der Waals surface area contributed by atoms with Crippen molar-refractivity contribution >= 4 is 5.69 Å². The molecule has 1 heterocycles. The van der Waals surface area contributed by atoms with Crippen LogP contribution in [0.3, 0.4) is 0 Å². The summed E-state index contributed by atoms with van der Waals surface area (Å²) in [7, 11) is 1.65. The van der Waals surface area contributed by atoms with E-state index >= 15 is 0 Å². The van der Waals surface area contributed by atoms with Gasteiger partial charge in [0.1, 0.15) is 5.75 Å². The van der Waals surface area contributed by atoms with Gasteiger partial charge in [0, 0.05) is 24.3 Å². The van der Waals surface area contributed by atoms with E-state index in [1.165, 1.54) is 5.57 Å². The second kappa shape index (κ2) is 6.10. The Morgan fingerprint density at radius 1 is 1.29 bits per heavy atom. The maximum atomic E-state index is 10.1. The number of hydrogen-bond donors (Lipinski definition) is 1. The average Bonchev–Trinajstić information content (AvgIpc) is 2.45. The Balaban J connectivity index is 2.31. The van der Waals surface area contributed by atoms with Gasteiger partial charge in [-0.1, -0.05) is 38.5 Å². The first-order valence-electron chi connectivity index (χ1n) is 7.64. The van der Waals surface area contributed by atoms with Crippen LogP contribution in [0.4, 0.5) is 5.69 Å². The summed E-state index contributed by atoms with van der Waals surface area (Å²) in [6.45, 7) is 10.5. The van der Waals surface area contributed by atoms with Crippen LogP contribution in [0, 0.1) is 5.41 Å². The number of nitrogens with zero attached hydrogens (tertiary/aromatic N) is 1. The smallest absolute Gasteiger partial charge is 0.126 e. The molecule has 21 heavy (non-hydrogen) atoms. The summed E-state index contributed by atoms with van der Waals surface area (Å²) in [4.78, 5) is 2.32. The van der Waals surface area contributed by atoms with Crippen LogP contribution >= 0.6 is 0 Å². The van der Waals surface area contributed by atoms with E-state index in [4.69, 9.17) is 4.74 Å². The average molecular weight is 289 g/mol. The first-order valence-corrected chi connectivity index (χ1v) is 7.64. The monoisotopic (exact) mass is 289 g/mol. The van der Waals surface area contributed by atoms with Crippen LogP contribution in [-0.4, -0.2) is 25.3 Å². The van der Waals surface area contributed by atoms with Crippen LogP contribution in [-0.2, 0) is 0 Å². The molecule has 2 rings (SSSR count). The van der Waals surface area contributed by atoms with Crippen LogP contribution in [0.5, 0.6) is 5.75 Å². The molecule has 1 unspecified atom stereocenters. The highest BCUT2D eigenvalue weighted by Crippen LogP contribution is 2.37. The lowest BCUT2D eigenvalue weighted by molar-refractivity contribution is 0.194. The number of ether oxygens (including phenoxy) is 1. The van der Waals surface area contributed by atoms with Crippen molar-refractivity contribution in [3.63, 3.8) is 0 Å². The van der Waals surface area contributed by atoms with Crippen molar-refractivity contribution in [1.82, 2.24) is 0 Å². The molecule has 3 heteroatoms. The number of methoxy groups -OCH3 is 1. The van der Waals surface area contributed by atoms with E-state index in [0.717, 1.165) is 36.5 Å². The minimum atomic E-state index is -0.538. The highest BCUT2D eigenvalue weighted by atomic mass is 16.5. The van der Waals surface area contributed by atoms with Gasteiger partial charge in [0.25, 0.3) is 0 Å². The molecule has 0 bridgehead atoms. The highest BCUT2D eigenvalue weighted by Gasteiger charge is 2.24. The summed E-state index contributed by atoms with van der Waals surface area (Å²) in [5.74, 6) is 0.757. The van der Waals surface area contributed by atoms with E-state index in [2.05, 4.69) is 37.8 Å². The Morgan fingerprint density at radius 2 is 2.00 bits per heavy atom. The van der Waals surface area contributed by atoms with Crippen LogP contribution in [0.2, 0.25) is 0 Å². The molecule has 1 aromatic rings. The van der Waals surface area contributed by atoms with Crippen molar-refractivity contribution in [2.24, 2.45) is 5.41 Å². The maximum Gasteiger partial charge on any atom is 0.126 e. The summed E-state index contributed by atoms with van der Waals surface area (Å²) in [6.07, 6.45) is 2.86. The lowest BCUT2D eigenvalue weighted by Crippen LogP contribution is -2.32. The Kier molecular flexibility index (Phi) is 4.62. The molecule has 3 nitrogen and oxygen atoms in total. The number of aliphatic hydroxyl groups is 1. The topological polar surface area (TPSA) is 32.7 Å². The molecule has 0 saturated carbocycles. The predicted octanol–water partition coefficient (Wildman–Crippen LogP) is 3.93. The van der Waals surface area contributed by atoms with E-state index in [0.29, 0.717) is 0 Å². The van der Waals surface area contributed by atoms with Gasteiger partial charge in [-0.3, -0.25) is 0 Å². The zero-order valence-electron chi connectivity index (χ0n) is 13.8. The lowest BCUT2D eigenvalue weighted by atomic mass is 9.83. The van der Waals surface area contributed by atoms with Gasteiger partial charge in [0.05, 0.1) is 13.2 Å². The van der Waals surface area contributed by atoms with Crippen molar-refractivity contribution in [3.05, 3.63) is 35.4 Å². The van der Waals surface area contributed by atoms with Gasteiger partial charge in [-0.2, -0.15) is 0 Å². The molecule has 0 spiro atoms. The summed E-state index contributed by atoms with van der Waals surface area (Å²) >= 11 is 0. The van der Waals surface area contributed by atoms with Crippen molar-refractivity contribution in [2.75, 3.05) is 25.1 Å². The minimum absolute atomic E-state index is 0.244. The van der Waals surface area contributed by atoms with Gasteiger partial charge in [-0.15, -0.1) is 0 Å². The van der Waals surface area contributed by atoms with Gasteiger partial charge in [-0.05, 0) is 30.9 Å². The molecule has 0 aliphatic carbocycles. The molecule has 116 valence electrons. The van der Waals surface area contributed by atoms with Crippen LogP contribution in [0.15, 0.2) is 29.8 Å². The van der Waals surface area contributed by atoms with E-state index in [-0.39, 0.29) is 5.41 Å². The molecular weight excluding hydrogens is 262 g/mol. The Morgan fingerprint density at radius 3 is 2.48 bits per heavy atom. The summed E-state index contributed by atoms with van der Waals surface area (Å²) in [5.41, 5.74) is 3.72. The first-order chi connectivity index (χ1) is 9.84.